The molecule has 0 aliphatic rings. The Bertz CT molecular complexity index is 488. The minimum atomic E-state index is -4.47. The van der Waals surface area contributed by atoms with E-state index in [0.29, 0.717) is 6.42 Å². The lowest BCUT2D eigenvalue weighted by Gasteiger charge is -2.14. The van der Waals surface area contributed by atoms with Gasteiger partial charge in [-0.2, -0.15) is 0 Å². The normalized spacial score (nSPS) is 12.4. The van der Waals surface area contributed by atoms with E-state index in [4.69, 9.17) is 14.9 Å². The summed E-state index contributed by atoms with van der Waals surface area (Å²) in [4.78, 5) is 30.9. The molecule has 0 fully saturated rings. The second kappa shape index (κ2) is 25.6. The highest BCUT2D eigenvalue weighted by atomic mass is 31.2. The highest BCUT2D eigenvalue weighted by Crippen LogP contribution is 2.35. The molecule has 0 aliphatic carbocycles. The quantitative estimate of drug-likeness (QED) is 0.114. The Morgan fingerprint density at radius 2 is 1.26 bits per heavy atom. The van der Waals surface area contributed by atoms with Crippen LogP contribution in [0, 0.1) is 0 Å². The molecule has 1 atom stereocenters. The number of aliphatic hydroxyl groups is 1. The van der Waals surface area contributed by atoms with Crippen LogP contribution in [0.15, 0.2) is 0 Å². The molecule has 0 aromatic carbocycles. The van der Waals surface area contributed by atoms with Gasteiger partial charge in [-0.3, -0.25) is 9.32 Å². The van der Waals surface area contributed by atoms with Crippen LogP contribution in [0.4, 0.5) is 0 Å². The maximum Gasteiger partial charge on any atom is 0.469 e. The second-order valence-electron chi connectivity index (χ2n) is 9.48. The van der Waals surface area contributed by atoms with E-state index in [1.807, 2.05) is 19.0 Å². The van der Waals surface area contributed by atoms with Gasteiger partial charge in [0.25, 0.3) is 0 Å². The summed E-state index contributed by atoms with van der Waals surface area (Å²) in [5, 5.41) is 10.9. The first-order valence-corrected chi connectivity index (χ1v) is 14.9. The molecule has 8 nitrogen and oxygen atoms in total. The van der Waals surface area contributed by atoms with E-state index in [2.05, 4.69) is 16.8 Å². The second-order valence-corrected chi connectivity index (χ2v) is 10.7. The number of hydrogen-bond donors (Lipinski definition) is 4. The summed E-state index contributed by atoms with van der Waals surface area (Å²) < 4.78 is 15.0. The van der Waals surface area contributed by atoms with Crippen LogP contribution in [0.1, 0.15) is 117 Å². The van der Waals surface area contributed by atoms with Crippen molar-refractivity contribution in [2.45, 2.75) is 123 Å². The van der Waals surface area contributed by atoms with Crippen molar-refractivity contribution in [1.82, 2.24) is 10.2 Å². The fraction of sp³-hybridized carbons (Fsp3) is 0.960. The van der Waals surface area contributed by atoms with Crippen molar-refractivity contribution in [3.05, 3.63) is 0 Å². The summed E-state index contributed by atoms with van der Waals surface area (Å²) in [6, 6.07) is -0.406. The average molecular weight is 511 g/mol. The summed E-state index contributed by atoms with van der Waals surface area (Å²) in [6.07, 6.45) is 19.8. The number of aliphatic hydroxyl groups excluding tert-OH is 1. The molecule has 0 saturated carbocycles. The minimum Gasteiger partial charge on any atom is -0.395 e. The fourth-order valence-corrected chi connectivity index (χ4v) is 3.87. The van der Waals surface area contributed by atoms with Crippen molar-refractivity contribution in [2.24, 2.45) is 0 Å². The Morgan fingerprint density at radius 3 is 1.59 bits per heavy atom. The zero-order chi connectivity index (χ0) is 26.1. The van der Waals surface area contributed by atoms with E-state index in [1.54, 1.807) is 6.92 Å². The number of unbranched alkanes of at least 4 members (excludes halogenated alkanes) is 14. The topological polar surface area (TPSA) is 119 Å². The van der Waals surface area contributed by atoms with Crippen LogP contribution in [0.2, 0.25) is 0 Å². The Balaban J connectivity index is 0. The molecular formula is C25H55N2O6P. The molecule has 9 heteroatoms. The van der Waals surface area contributed by atoms with Crippen LogP contribution in [-0.2, 0) is 13.9 Å². The van der Waals surface area contributed by atoms with Gasteiger partial charge < -0.3 is 25.1 Å². The SMILES string of the molecule is CCCCCCCCCCCCCCCCCC(=O)NC(C)COP(=O)(O)O.CN(C)CCO. The minimum absolute atomic E-state index is 0.0866. The molecule has 4 N–H and O–H groups in total. The van der Waals surface area contributed by atoms with Gasteiger partial charge in [-0.15, -0.1) is 0 Å². The highest BCUT2D eigenvalue weighted by molar-refractivity contribution is 7.46. The molecule has 0 heterocycles. The Hall–Kier alpha value is -0.500. The van der Waals surface area contributed by atoms with E-state index >= 15 is 0 Å². The molecule has 0 aromatic rings. The smallest absolute Gasteiger partial charge is 0.395 e. The van der Waals surface area contributed by atoms with Crippen LogP contribution < -0.4 is 5.32 Å². The number of likely N-dealkylation sites (N-methyl/N-ethyl adjacent to an activating group) is 1. The van der Waals surface area contributed by atoms with Gasteiger partial charge in [0, 0.05) is 19.0 Å². The molecule has 206 valence electrons. The van der Waals surface area contributed by atoms with Crippen LogP contribution in [0.25, 0.3) is 0 Å². The van der Waals surface area contributed by atoms with E-state index in [1.165, 1.54) is 83.5 Å². The van der Waals surface area contributed by atoms with Gasteiger partial charge in [-0.1, -0.05) is 96.8 Å². The summed E-state index contributed by atoms with van der Waals surface area (Å²) in [7, 11) is -0.614. The van der Waals surface area contributed by atoms with Gasteiger partial charge in [-0.25, -0.2) is 4.57 Å². The maximum absolute atomic E-state index is 11.8. The van der Waals surface area contributed by atoms with Crippen LogP contribution in [-0.4, -0.2) is 65.6 Å². The predicted octanol–water partition coefficient (Wildman–Crippen LogP) is 5.40. The molecule has 0 spiro atoms. The molecule has 0 bridgehead atoms. The summed E-state index contributed by atoms with van der Waals surface area (Å²) >= 11 is 0. The van der Waals surface area contributed by atoms with E-state index in [9.17, 15) is 9.36 Å². The summed E-state index contributed by atoms with van der Waals surface area (Å²) in [5.41, 5.74) is 0. The van der Waals surface area contributed by atoms with Crippen molar-refractivity contribution >= 4 is 13.7 Å². The van der Waals surface area contributed by atoms with Crippen LogP contribution in [0.3, 0.4) is 0 Å². The molecule has 0 aliphatic heterocycles. The predicted molar refractivity (Wildman–Crippen MR) is 141 cm³/mol. The largest absolute Gasteiger partial charge is 0.469 e. The lowest BCUT2D eigenvalue weighted by atomic mass is 10.0. The van der Waals surface area contributed by atoms with Gasteiger partial charge in [0.2, 0.25) is 5.91 Å². The highest BCUT2D eigenvalue weighted by Gasteiger charge is 2.16. The first-order valence-electron chi connectivity index (χ1n) is 13.4. The monoisotopic (exact) mass is 510 g/mol. The Morgan fingerprint density at radius 1 is 0.853 bits per heavy atom. The molecule has 0 saturated heterocycles. The van der Waals surface area contributed by atoms with Crippen molar-refractivity contribution in [1.29, 1.82) is 0 Å². The third-order valence-corrected chi connectivity index (χ3v) is 5.94. The molecular weight excluding hydrogens is 455 g/mol. The lowest BCUT2D eigenvalue weighted by molar-refractivity contribution is -0.122. The van der Waals surface area contributed by atoms with E-state index in [0.717, 1.165) is 19.4 Å². The average Bonchev–Trinajstić information content (AvgIpc) is 2.75. The third-order valence-electron chi connectivity index (χ3n) is 5.45. The molecule has 0 aromatic heterocycles. The number of phosphoric acid groups is 1. The maximum atomic E-state index is 11.8. The first kappa shape index (κ1) is 35.7. The van der Waals surface area contributed by atoms with Gasteiger partial charge in [0.1, 0.15) is 0 Å². The van der Waals surface area contributed by atoms with Crippen molar-refractivity contribution < 1.29 is 28.8 Å². The van der Waals surface area contributed by atoms with Gasteiger partial charge in [0.05, 0.1) is 13.2 Å². The van der Waals surface area contributed by atoms with Crippen molar-refractivity contribution in [3.8, 4) is 0 Å². The summed E-state index contributed by atoms with van der Waals surface area (Å²) in [6.45, 7) is 4.76. The molecule has 34 heavy (non-hydrogen) atoms. The number of amides is 1. The van der Waals surface area contributed by atoms with Gasteiger partial charge >= 0.3 is 7.82 Å². The number of nitrogens with zero attached hydrogens (tertiary/aromatic N) is 1. The number of nitrogens with one attached hydrogen (secondary N) is 1. The zero-order valence-corrected chi connectivity index (χ0v) is 23.4. The first-order chi connectivity index (χ1) is 16.1. The summed E-state index contributed by atoms with van der Waals surface area (Å²) in [5.74, 6) is -0.0866. The number of phosphoric ester groups is 1. The molecule has 1 unspecified atom stereocenters. The molecule has 0 radical (unpaired) electrons. The van der Waals surface area contributed by atoms with Crippen LogP contribution in [0.5, 0.6) is 0 Å². The molecule has 1 amide bonds. The number of hydrogen-bond acceptors (Lipinski definition) is 5. The standard InChI is InChI=1S/C21H44NO5P.C4H11NO/c1-3-4-5-6-7-8-9-10-11-12-13-14-15-16-17-18-21(23)22-20(2)19-27-28(24,25)26;1-5(2)3-4-6/h20H,3-19H2,1-2H3,(H,22,23)(H2,24,25,26);6H,3-4H2,1-2H3. The Labute approximate surface area is 209 Å². The Kier molecular flexibility index (Phi) is 26.8. The number of rotatable bonds is 22. The van der Waals surface area contributed by atoms with E-state index in [-0.39, 0.29) is 19.1 Å². The van der Waals surface area contributed by atoms with Gasteiger partial charge in [-0.05, 0) is 27.4 Å². The van der Waals surface area contributed by atoms with E-state index < -0.39 is 13.9 Å². The fourth-order valence-electron chi connectivity index (χ4n) is 3.45. The van der Waals surface area contributed by atoms with Crippen LogP contribution >= 0.6 is 7.82 Å². The number of carbonyl (C=O) groups is 1. The third kappa shape index (κ3) is 33.7. The van der Waals surface area contributed by atoms with Crippen molar-refractivity contribution in [3.63, 3.8) is 0 Å². The van der Waals surface area contributed by atoms with Gasteiger partial charge in [0.15, 0.2) is 0 Å². The zero-order valence-electron chi connectivity index (χ0n) is 22.5. The lowest BCUT2D eigenvalue weighted by Crippen LogP contribution is -2.35. The number of carbonyl (C=O) groups excluding carboxylic acids is 1. The van der Waals surface area contributed by atoms with Crippen molar-refractivity contribution in [2.75, 3.05) is 33.9 Å². The molecule has 0 rings (SSSR count).